The van der Waals surface area contributed by atoms with Crippen LogP contribution in [0.25, 0.3) is 10.2 Å². The number of nitrogens with one attached hydrogen (secondary N) is 2. The molecule has 0 aliphatic heterocycles. The molecule has 0 spiro atoms. The smallest absolute Gasteiger partial charge is 0.239 e. The lowest BCUT2D eigenvalue weighted by molar-refractivity contribution is -0.120. The molecule has 0 aliphatic carbocycles. The van der Waals surface area contributed by atoms with Crippen molar-refractivity contribution in [1.82, 2.24) is 10.4 Å². The summed E-state index contributed by atoms with van der Waals surface area (Å²) in [4.78, 5) is 16.4. The number of hydrogen-bond acceptors (Lipinski definition) is 6. The Morgan fingerprint density at radius 1 is 1.12 bits per heavy atom. The lowest BCUT2D eigenvalue weighted by Crippen LogP contribution is -2.30. The lowest BCUT2D eigenvalue weighted by atomic mass is 10.3. The SMILES string of the molecule is O=C(CCS(=O)(=O)c1ccccc1)NNc1nc2c(Cl)c(Cl)ccc2s1. The Hall–Kier alpha value is -1.87. The number of carbonyl (C=O) groups is 1. The van der Waals surface area contributed by atoms with E-state index in [1.807, 2.05) is 0 Å². The van der Waals surface area contributed by atoms with Crippen LogP contribution in [-0.2, 0) is 14.6 Å². The van der Waals surface area contributed by atoms with Crippen molar-refractivity contribution in [2.24, 2.45) is 0 Å². The van der Waals surface area contributed by atoms with E-state index >= 15 is 0 Å². The van der Waals surface area contributed by atoms with Crippen molar-refractivity contribution in [3.63, 3.8) is 0 Å². The van der Waals surface area contributed by atoms with Gasteiger partial charge in [-0.3, -0.25) is 15.6 Å². The van der Waals surface area contributed by atoms with Gasteiger partial charge in [0.1, 0.15) is 5.52 Å². The van der Waals surface area contributed by atoms with E-state index in [4.69, 9.17) is 23.2 Å². The van der Waals surface area contributed by atoms with Crippen LogP contribution >= 0.6 is 34.5 Å². The van der Waals surface area contributed by atoms with E-state index in [0.29, 0.717) is 20.7 Å². The molecule has 0 atom stereocenters. The van der Waals surface area contributed by atoms with Crippen molar-refractivity contribution < 1.29 is 13.2 Å². The number of hydrazine groups is 1. The minimum atomic E-state index is -3.50. The number of sulfone groups is 1. The molecule has 0 aliphatic rings. The first-order chi connectivity index (χ1) is 12.4. The summed E-state index contributed by atoms with van der Waals surface area (Å²) in [6.45, 7) is 0. The van der Waals surface area contributed by atoms with Gasteiger partial charge in [-0.15, -0.1) is 0 Å². The topological polar surface area (TPSA) is 88.2 Å². The van der Waals surface area contributed by atoms with Crippen LogP contribution in [0.1, 0.15) is 6.42 Å². The van der Waals surface area contributed by atoms with Crippen LogP contribution in [0.3, 0.4) is 0 Å². The van der Waals surface area contributed by atoms with Crippen LogP contribution in [0.5, 0.6) is 0 Å². The molecule has 6 nitrogen and oxygen atoms in total. The monoisotopic (exact) mass is 429 g/mol. The van der Waals surface area contributed by atoms with Crippen LogP contribution in [0.15, 0.2) is 47.4 Å². The lowest BCUT2D eigenvalue weighted by Gasteiger charge is -2.06. The average Bonchev–Trinajstić information content (AvgIpc) is 3.06. The normalized spacial score (nSPS) is 11.5. The quantitative estimate of drug-likeness (QED) is 0.579. The third-order valence-corrected chi connectivity index (χ3v) is 6.92. The number of fused-ring (bicyclic) bond motifs is 1. The molecule has 3 rings (SSSR count). The molecule has 2 aromatic carbocycles. The molecule has 0 unspecified atom stereocenters. The Kier molecular flexibility index (Phi) is 5.67. The molecule has 0 radical (unpaired) electrons. The highest BCUT2D eigenvalue weighted by atomic mass is 35.5. The van der Waals surface area contributed by atoms with Gasteiger partial charge in [0.25, 0.3) is 0 Å². The summed E-state index contributed by atoms with van der Waals surface area (Å²) in [5.74, 6) is -0.751. The van der Waals surface area contributed by atoms with Crippen LogP contribution in [0.2, 0.25) is 10.0 Å². The van der Waals surface area contributed by atoms with Crippen LogP contribution in [0, 0.1) is 0 Å². The van der Waals surface area contributed by atoms with E-state index in [2.05, 4.69) is 15.8 Å². The predicted molar refractivity (Wildman–Crippen MR) is 105 cm³/mol. The Morgan fingerprint density at radius 2 is 1.85 bits per heavy atom. The zero-order valence-electron chi connectivity index (χ0n) is 13.2. The number of halogens is 2. The number of rotatable bonds is 6. The van der Waals surface area contributed by atoms with Crippen molar-refractivity contribution in [3.05, 3.63) is 52.5 Å². The fourth-order valence-electron chi connectivity index (χ4n) is 2.15. The van der Waals surface area contributed by atoms with Gasteiger partial charge < -0.3 is 0 Å². The summed E-state index contributed by atoms with van der Waals surface area (Å²) in [7, 11) is -3.50. The minimum Gasteiger partial charge on any atom is -0.273 e. The summed E-state index contributed by atoms with van der Waals surface area (Å²) in [6.07, 6.45) is -0.179. The molecule has 0 fully saturated rings. The van der Waals surface area contributed by atoms with Gasteiger partial charge in [-0.05, 0) is 24.3 Å². The number of anilines is 1. The minimum absolute atomic E-state index is 0.179. The third kappa shape index (κ3) is 4.27. The summed E-state index contributed by atoms with van der Waals surface area (Å²) >= 11 is 13.3. The first-order valence-corrected chi connectivity index (χ1v) is 10.7. The van der Waals surface area contributed by atoms with E-state index in [1.165, 1.54) is 23.5 Å². The van der Waals surface area contributed by atoms with E-state index in [-0.39, 0.29) is 17.1 Å². The Bertz CT molecular complexity index is 1050. The number of aromatic nitrogens is 1. The number of amides is 1. The second-order valence-electron chi connectivity index (χ2n) is 5.28. The van der Waals surface area contributed by atoms with Gasteiger partial charge in [0.15, 0.2) is 9.84 Å². The van der Waals surface area contributed by atoms with Crippen LogP contribution in [0.4, 0.5) is 5.13 Å². The van der Waals surface area contributed by atoms with Crippen molar-refractivity contribution >= 4 is 65.6 Å². The summed E-state index contributed by atoms with van der Waals surface area (Å²) in [5.41, 5.74) is 5.64. The molecule has 10 heteroatoms. The van der Waals surface area contributed by atoms with E-state index in [1.54, 1.807) is 30.3 Å². The molecule has 1 aromatic heterocycles. The maximum Gasteiger partial charge on any atom is 0.239 e. The van der Waals surface area contributed by atoms with Gasteiger partial charge in [0.2, 0.25) is 11.0 Å². The fourth-order valence-corrected chi connectivity index (χ4v) is 4.65. The van der Waals surface area contributed by atoms with E-state index in [0.717, 1.165) is 4.70 Å². The highest BCUT2D eigenvalue weighted by Crippen LogP contribution is 2.34. The number of nitrogens with zero attached hydrogens (tertiary/aromatic N) is 1. The fraction of sp³-hybridized carbons (Fsp3) is 0.125. The average molecular weight is 430 g/mol. The Labute approximate surface area is 164 Å². The standard InChI is InChI=1S/C16H13Cl2N3O3S2/c17-11-6-7-12-15(14(11)18)19-16(25-12)21-20-13(22)8-9-26(23,24)10-4-2-1-3-5-10/h1-7H,8-9H2,(H,19,21)(H,20,22). The second-order valence-corrected chi connectivity index (χ2v) is 9.21. The molecule has 3 aromatic rings. The molecular weight excluding hydrogens is 417 g/mol. The molecule has 136 valence electrons. The van der Waals surface area contributed by atoms with Gasteiger partial charge in [-0.1, -0.05) is 52.7 Å². The van der Waals surface area contributed by atoms with Crippen molar-refractivity contribution in [3.8, 4) is 0 Å². The highest BCUT2D eigenvalue weighted by Gasteiger charge is 2.16. The van der Waals surface area contributed by atoms with Gasteiger partial charge in [0.05, 0.1) is 25.4 Å². The molecular formula is C16H13Cl2N3O3S2. The summed E-state index contributed by atoms with van der Waals surface area (Å²) in [5, 5.41) is 1.16. The number of benzene rings is 2. The van der Waals surface area contributed by atoms with Crippen molar-refractivity contribution in [2.75, 3.05) is 11.2 Å². The van der Waals surface area contributed by atoms with E-state index in [9.17, 15) is 13.2 Å². The van der Waals surface area contributed by atoms with Gasteiger partial charge in [-0.2, -0.15) is 0 Å². The Balaban J connectivity index is 1.59. The zero-order chi connectivity index (χ0) is 18.7. The maximum absolute atomic E-state index is 12.2. The molecule has 2 N–H and O–H groups in total. The van der Waals surface area contributed by atoms with Crippen LogP contribution in [-0.4, -0.2) is 25.1 Å². The van der Waals surface area contributed by atoms with Crippen molar-refractivity contribution in [1.29, 1.82) is 0 Å². The van der Waals surface area contributed by atoms with Crippen LogP contribution < -0.4 is 10.9 Å². The van der Waals surface area contributed by atoms with Gasteiger partial charge >= 0.3 is 0 Å². The molecule has 1 heterocycles. The Morgan fingerprint density at radius 3 is 2.58 bits per heavy atom. The first-order valence-electron chi connectivity index (χ1n) is 7.44. The summed E-state index contributed by atoms with van der Waals surface area (Å²) < 4.78 is 25.1. The van der Waals surface area contributed by atoms with Crippen molar-refractivity contribution in [2.45, 2.75) is 11.3 Å². The molecule has 0 saturated carbocycles. The zero-order valence-corrected chi connectivity index (χ0v) is 16.3. The molecule has 26 heavy (non-hydrogen) atoms. The number of thiazole rings is 1. The first kappa shape index (κ1) is 18.9. The predicted octanol–water partition coefficient (Wildman–Crippen LogP) is 3.91. The van der Waals surface area contributed by atoms with Gasteiger partial charge in [0, 0.05) is 6.42 Å². The van der Waals surface area contributed by atoms with Gasteiger partial charge in [-0.25, -0.2) is 13.4 Å². The maximum atomic E-state index is 12.2. The highest BCUT2D eigenvalue weighted by molar-refractivity contribution is 7.91. The molecule has 0 bridgehead atoms. The number of carbonyl (C=O) groups excluding carboxylic acids is 1. The third-order valence-electron chi connectivity index (χ3n) is 3.46. The largest absolute Gasteiger partial charge is 0.273 e. The molecule has 0 saturated heterocycles. The summed E-state index contributed by atoms with van der Waals surface area (Å²) in [6, 6.07) is 11.5. The second kappa shape index (κ2) is 7.79. The molecule has 1 amide bonds. The number of hydrogen-bond donors (Lipinski definition) is 2. The van der Waals surface area contributed by atoms with E-state index < -0.39 is 15.7 Å².